The molecule has 0 N–H and O–H groups in total. The van der Waals surface area contributed by atoms with Crippen molar-refractivity contribution >= 4 is 11.9 Å². The molecule has 2 nitrogen and oxygen atoms in total. The third-order valence-electron chi connectivity index (χ3n) is 5.41. The molecule has 0 aliphatic carbocycles. The molecule has 0 fully saturated rings. The molecule has 0 bridgehead atoms. The molecular weight excluding hydrogens is 418 g/mol. The van der Waals surface area contributed by atoms with Gasteiger partial charge in [-0.2, -0.15) is 0 Å². The number of carbonyl (C=O) groups excluding carboxylic acids is 1. The molecule has 0 heterocycles. The second-order valence-corrected chi connectivity index (χ2v) is 7.72. The van der Waals surface area contributed by atoms with Crippen LogP contribution >= 0.6 is 0 Å². The third-order valence-corrected chi connectivity index (χ3v) is 5.41. The standard InChI is InChI=1S/C29H22F2O2/c1-19-3-5-20(6-4-19)7-16-27(32)29-26(22-10-14-25(31)15-11-22)17-23(18-28(29)33-2)21-8-12-24(30)13-9-21/h3-18H,1-2H3. The van der Waals surface area contributed by atoms with Crippen LogP contribution in [0.4, 0.5) is 8.78 Å². The molecular formula is C29H22F2O2. The number of methoxy groups -OCH3 is 1. The van der Waals surface area contributed by atoms with Crippen LogP contribution in [0.25, 0.3) is 28.3 Å². The summed E-state index contributed by atoms with van der Waals surface area (Å²) in [7, 11) is 1.50. The molecule has 0 amide bonds. The summed E-state index contributed by atoms with van der Waals surface area (Å²) in [6.07, 6.45) is 3.26. The minimum absolute atomic E-state index is 0.239. The topological polar surface area (TPSA) is 26.3 Å². The number of carbonyl (C=O) groups is 1. The maximum absolute atomic E-state index is 13.6. The van der Waals surface area contributed by atoms with Gasteiger partial charge in [0.2, 0.25) is 0 Å². The maximum atomic E-state index is 13.6. The number of hydrogen-bond acceptors (Lipinski definition) is 2. The molecule has 33 heavy (non-hydrogen) atoms. The number of allylic oxidation sites excluding steroid dienone is 1. The Bertz CT molecular complexity index is 1300. The van der Waals surface area contributed by atoms with Crippen LogP contribution in [-0.4, -0.2) is 12.9 Å². The Morgan fingerprint density at radius 3 is 1.91 bits per heavy atom. The van der Waals surface area contributed by atoms with E-state index in [2.05, 4.69) is 0 Å². The summed E-state index contributed by atoms with van der Waals surface area (Å²) in [5.41, 5.74) is 5.21. The van der Waals surface area contributed by atoms with E-state index in [1.165, 1.54) is 37.5 Å². The predicted octanol–water partition coefficient (Wildman–Crippen LogP) is 7.51. The number of hydrogen-bond donors (Lipinski definition) is 0. The van der Waals surface area contributed by atoms with E-state index >= 15 is 0 Å². The fourth-order valence-electron chi connectivity index (χ4n) is 3.63. The molecule has 0 unspecified atom stereocenters. The summed E-state index contributed by atoms with van der Waals surface area (Å²) in [5, 5.41) is 0. The minimum Gasteiger partial charge on any atom is -0.496 e. The Balaban J connectivity index is 1.85. The molecule has 4 heteroatoms. The van der Waals surface area contributed by atoms with Crippen molar-refractivity contribution in [3.8, 4) is 28.0 Å². The van der Waals surface area contributed by atoms with Crippen molar-refractivity contribution in [3.63, 3.8) is 0 Å². The first-order valence-electron chi connectivity index (χ1n) is 10.5. The lowest BCUT2D eigenvalue weighted by molar-refractivity contribution is 0.104. The molecule has 0 aromatic heterocycles. The van der Waals surface area contributed by atoms with Gasteiger partial charge in [0.25, 0.3) is 0 Å². The highest BCUT2D eigenvalue weighted by Gasteiger charge is 2.19. The second kappa shape index (κ2) is 9.61. The third kappa shape index (κ3) is 5.07. The quantitative estimate of drug-likeness (QED) is 0.229. The summed E-state index contributed by atoms with van der Waals surface area (Å²) in [6, 6.07) is 23.5. The Morgan fingerprint density at radius 2 is 1.33 bits per heavy atom. The normalized spacial score (nSPS) is 11.0. The van der Waals surface area contributed by atoms with Gasteiger partial charge in [0, 0.05) is 0 Å². The van der Waals surface area contributed by atoms with Crippen LogP contribution in [0.1, 0.15) is 21.5 Å². The highest BCUT2D eigenvalue weighted by molar-refractivity contribution is 6.13. The van der Waals surface area contributed by atoms with Crippen molar-refractivity contribution in [2.24, 2.45) is 0 Å². The van der Waals surface area contributed by atoms with E-state index in [1.54, 1.807) is 36.4 Å². The Hall–Kier alpha value is -4.05. The fraction of sp³-hybridized carbons (Fsp3) is 0.0690. The van der Waals surface area contributed by atoms with Gasteiger partial charge < -0.3 is 4.74 Å². The highest BCUT2D eigenvalue weighted by Crippen LogP contribution is 2.37. The van der Waals surface area contributed by atoms with Crippen molar-refractivity contribution in [3.05, 3.63) is 119 Å². The van der Waals surface area contributed by atoms with Gasteiger partial charge >= 0.3 is 0 Å². The molecule has 0 atom stereocenters. The van der Waals surface area contributed by atoms with E-state index in [9.17, 15) is 13.6 Å². The predicted molar refractivity (Wildman–Crippen MR) is 128 cm³/mol. The van der Waals surface area contributed by atoms with E-state index in [1.807, 2.05) is 37.3 Å². The summed E-state index contributed by atoms with van der Waals surface area (Å²) in [4.78, 5) is 13.3. The Morgan fingerprint density at radius 1 is 0.758 bits per heavy atom. The second-order valence-electron chi connectivity index (χ2n) is 7.72. The van der Waals surface area contributed by atoms with E-state index in [-0.39, 0.29) is 17.4 Å². The summed E-state index contributed by atoms with van der Waals surface area (Å²) in [6.45, 7) is 2.00. The molecule has 0 aliphatic rings. The number of rotatable bonds is 6. The van der Waals surface area contributed by atoms with Crippen LogP contribution < -0.4 is 4.74 Å². The van der Waals surface area contributed by atoms with Crippen molar-refractivity contribution in [1.82, 2.24) is 0 Å². The van der Waals surface area contributed by atoms with Gasteiger partial charge in [0.05, 0.1) is 12.7 Å². The number of benzene rings is 4. The molecule has 0 radical (unpaired) electrons. The first-order chi connectivity index (χ1) is 15.9. The molecule has 4 rings (SSSR count). The van der Waals surface area contributed by atoms with Gasteiger partial charge in [0.1, 0.15) is 17.4 Å². The molecule has 4 aromatic carbocycles. The molecule has 0 saturated carbocycles. The van der Waals surface area contributed by atoms with Gasteiger partial charge in [-0.3, -0.25) is 4.79 Å². The van der Waals surface area contributed by atoms with Gasteiger partial charge in [-0.15, -0.1) is 0 Å². The maximum Gasteiger partial charge on any atom is 0.190 e. The highest BCUT2D eigenvalue weighted by atomic mass is 19.1. The molecule has 0 saturated heterocycles. The smallest absolute Gasteiger partial charge is 0.190 e. The van der Waals surface area contributed by atoms with Crippen molar-refractivity contribution in [2.75, 3.05) is 7.11 Å². The van der Waals surface area contributed by atoms with Crippen LogP contribution in [0.3, 0.4) is 0 Å². The average molecular weight is 440 g/mol. The molecule has 0 spiro atoms. The zero-order valence-electron chi connectivity index (χ0n) is 18.3. The summed E-state index contributed by atoms with van der Waals surface area (Å²) in [5.74, 6) is -0.558. The van der Waals surface area contributed by atoms with E-state index in [0.717, 1.165) is 22.3 Å². The number of ether oxygens (including phenoxy) is 1. The number of aryl methyl sites for hydroxylation is 1. The van der Waals surface area contributed by atoms with Crippen LogP contribution in [0.5, 0.6) is 5.75 Å². The Kier molecular flexibility index (Phi) is 6.45. The number of ketones is 1. The van der Waals surface area contributed by atoms with Crippen molar-refractivity contribution < 1.29 is 18.3 Å². The van der Waals surface area contributed by atoms with E-state index in [0.29, 0.717) is 22.4 Å². The van der Waals surface area contributed by atoms with E-state index in [4.69, 9.17) is 4.74 Å². The fourth-order valence-corrected chi connectivity index (χ4v) is 3.63. The van der Waals surface area contributed by atoms with Crippen LogP contribution in [-0.2, 0) is 0 Å². The number of halogens is 2. The first kappa shape index (κ1) is 22.2. The minimum atomic E-state index is -0.368. The summed E-state index contributed by atoms with van der Waals surface area (Å²) >= 11 is 0. The van der Waals surface area contributed by atoms with Crippen molar-refractivity contribution in [2.45, 2.75) is 6.92 Å². The SMILES string of the molecule is COc1cc(-c2ccc(F)cc2)cc(-c2ccc(F)cc2)c1C(=O)C=Cc1ccc(C)cc1. The van der Waals surface area contributed by atoms with Crippen LogP contribution in [0.2, 0.25) is 0 Å². The zero-order valence-corrected chi connectivity index (χ0v) is 18.3. The largest absolute Gasteiger partial charge is 0.496 e. The summed E-state index contributed by atoms with van der Waals surface area (Å²) < 4.78 is 32.6. The van der Waals surface area contributed by atoms with Crippen LogP contribution in [0.15, 0.2) is 91.0 Å². The van der Waals surface area contributed by atoms with Gasteiger partial charge in [0.15, 0.2) is 5.78 Å². The monoisotopic (exact) mass is 440 g/mol. The van der Waals surface area contributed by atoms with Gasteiger partial charge in [-0.1, -0.05) is 60.2 Å². The lowest BCUT2D eigenvalue weighted by atomic mass is 9.91. The molecule has 0 aliphatic heterocycles. The Labute approximate surface area is 191 Å². The molecule has 164 valence electrons. The average Bonchev–Trinajstić information content (AvgIpc) is 2.83. The van der Waals surface area contributed by atoms with Gasteiger partial charge in [-0.05, 0) is 77.2 Å². The van der Waals surface area contributed by atoms with E-state index < -0.39 is 0 Å². The first-order valence-corrected chi connectivity index (χ1v) is 10.5. The zero-order chi connectivity index (χ0) is 23.4. The van der Waals surface area contributed by atoms with Crippen LogP contribution in [0, 0.1) is 18.6 Å². The lowest BCUT2D eigenvalue weighted by Gasteiger charge is -2.15. The van der Waals surface area contributed by atoms with Crippen molar-refractivity contribution in [1.29, 1.82) is 0 Å². The lowest BCUT2D eigenvalue weighted by Crippen LogP contribution is -2.03. The van der Waals surface area contributed by atoms with Gasteiger partial charge in [-0.25, -0.2) is 8.78 Å². The molecule has 4 aromatic rings.